The van der Waals surface area contributed by atoms with Crippen LogP contribution < -0.4 is 4.90 Å². The third kappa shape index (κ3) is 13.0. The molecule has 0 radical (unpaired) electrons. The highest BCUT2D eigenvalue weighted by atomic mass is 15.1. The summed E-state index contributed by atoms with van der Waals surface area (Å²) in [5.41, 5.74) is 29.8. The van der Waals surface area contributed by atoms with Crippen LogP contribution in [0.2, 0.25) is 0 Å². The summed E-state index contributed by atoms with van der Waals surface area (Å²) in [5, 5.41) is 27.8. The zero-order chi connectivity index (χ0) is 92.7. The molecular weight excluding hydrogens is 1710 g/mol. The largest absolute Gasteiger partial charge is 0.311 e. The van der Waals surface area contributed by atoms with E-state index >= 15 is 0 Å². The van der Waals surface area contributed by atoms with Crippen LogP contribution in [-0.2, 0) is 0 Å². The lowest BCUT2D eigenvalue weighted by Crippen LogP contribution is -2.09. The van der Waals surface area contributed by atoms with Crippen LogP contribution >= 0.6 is 0 Å². The molecular formula is C134H87N7. The van der Waals surface area contributed by atoms with Crippen molar-refractivity contribution in [1.29, 1.82) is 0 Å². The van der Waals surface area contributed by atoms with E-state index in [1.54, 1.807) is 0 Å². The van der Waals surface area contributed by atoms with E-state index in [2.05, 4.69) is 560 Å². The van der Waals surface area contributed by atoms with Crippen molar-refractivity contribution < 1.29 is 0 Å². The molecule has 141 heavy (non-hydrogen) atoms. The zero-order valence-electron chi connectivity index (χ0n) is 76.9. The Morgan fingerprint density at radius 2 is 0.426 bits per heavy atom. The molecule has 0 saturated carbocycles. The van der Waals surface area contributed by atoms with Crippen molar-refractivity contribution in [3.8, 4) is 56.4 Å². The number of para-hydroxylation sites is 7. The number of nitrogens with zero attached hydrogens (tertiary/aromatic N) is 7. The Balaban J connectivity index is 0.000000104. The van der Waals surface area contributed by atoms with Crippen LogP contribution in [0.4, 0.5) is 17.1 Å². The summed E-state index contributed by atoms with van der Waals surface area (Å²) in [6.07, 6.45) is 0. The Hall–Kier alpha value is -18.8. The molecule has 0 aliphatic rings. The molecule has 0 aliphatic carbocycles. The lowest BCUT2D eigenvalue weighted by Gasteiger charge is -2.25. The van der Waals surface area contributed by atoms with E-state index < -0.39 is 0 Å². The standard InChI is InChI=1S/C46H31N3.2C44H28N2/c1-4-15-33(16-5-1)47(34-17-6-2-7-18-34)36-25-27-37(28-26-36)48-42-23-13-12-22-39(42)40-30-41-45(31-44(40)48)49(35-19-8-3-9-20-35)43-29-24-32-14-10-11-21-38(32)46(41)43;1-2-12-29(13-3-1)31-22-25-33(26-23-31)45-39-20-10-8-18-37(39)41-42-38-19-9-11-21-40(38)46(34-27-24-30-14-4-5-15-32(30)28-34)44(42)36-17-7-6-16-35(36)43(41)45;1-2-10-29(11-3-1)31-18-22-34(23-19-31)45-39-17-9-8-16-37(39)42-40(45)26-27-41-43(42)38-25-21-32-13-6-7-15-36(32)44(38)46(41)35-24-20-30-12-4-5-14-33(30)28-35/h1-31H;2*1-28H. The maximum atomic E-state index is 2.49. The van der Waals surface area contributed by atoms with Crippen molar-refractivity contribution in [2.45, 2.75) is 0 Å². The molecule has 7 heteroatoms. The molecule has 30 aromatic rings. The monoisotopic (exact) mass is 1790 g/mol. The van der Waals surface area contributed by atoms with Gasteiger partial charge in [-0.1, -0.05) is 364 Å². The van der Waals surface area contributed by atoms with Gasteiger partial charge >= 0.3 is 0 Å². The molecule has 6 heterocycles. The van der Waals surface area contributed by atoms with Gasteiger partial charge in [0.2, 0.25) is 0 Å². The van der Waals surface area contributed by atoms with Crippen molar-refractivity contribution in [1.82, 2.24) is 27.4 Å². The van der Waals surface area contributed by atoms with Gasteiger partial charge in [0.1, 0.15) is 0 Å². The van der Waals surface area contributed by atoms with Gasteiger partial charge in [0.15, 0.2) is 0 Å². The molecule has 0 spiro atoms. The smallest absolute Gasteiger partial charge is 0.0627 e. The number of anilines is 3. The van der Waals surface area contributed by atoms with Gasteiger partial charge in [-0.25, -0.2) is 0 Å². The molecule has 7 nitrogen and oxygen atoms in total. The van der Waals surface area contributed by atoms with E-state index in [9.17, 15) is 0 Å². The fourth-order valence-electron chi connectivity index (χ4n) is 23.0. The minimum Gasteiger partial charge on any atom is -0.311 e. The fraction of sp³-hybridized carbons (Fsp3) is 0. The average molecular weight is 1800 g/mol. The maximum absolute atomic E-state index is 2.49. The van der Waals surface area contributed by atoms with E-state index in [1.807, 2.05) is 0 Å². The van der Waals surface area contributed by atoms with Crippen molar-refractivity contribution in [3.05, 3.63) is 528 Å². The van der Waals surface area contributed by atoms with Crippen LogP contribution in [-0.4, -0.2) is 27.4 Å². The highest BCUT2D eigenvalue weighted by molar-refractivity contribution is 6.38. The molecule has 0 unspecified atom stereocenters. The number of fused-ring (bicyclic) bond motifs is 29. The minimum atomic E-state index is 1.11. The van der Waals surface area contributed by atoms with Crippen molar-refractivity contribution in [2.75, 3.05) is 4.90 Å². The first-order valence-electron chi connectivity index (χ1n) is 48.5. The van der Waals surface area contributed by atoms with Gasteiger partial charge in [-0.2, -0.15) is 0 Å². The number of benzene rings is 24. The lowest BCUT2D eigenvalue weighted by molar-refractivity contribution is 1.16. The van der Waals surface area contributed by atoms with Gasteiger partial charge in [0.25, 0.3) is 0 Å². The Bertz CT molecular complexity index is 10100. The predicted molar refractivity (Wildman–Crippen MR) is 598 cm³/mol. The summed E-state index contributed by atoms with van der Waals surface area (Å²) in [6, 6.07) is 192. The highest BCUT2D eigenvalue weighted by Crippen LogP contribution is 2.51. The molecule has 6 aromatic heterocycles. The molecule has 24 aromatic carbocycles. The third-order valence-electron chi connectivity index (χ3n) is 29.2. The Morgan fingerprint density at radius 1 is 0.121 bits per heavy atom. The van der Waals surface area contributed by atoms with E-state index in [0.717, 1.165) is 39.8 Å². The van der Waals surface area contributed by atoms with Gasteiger partial charge < -0.3 is 32.3 Å². The summed E-state index contributed by atoms with van der Waals surface area (Å²) in [7, 11) is 0. The van der Waals surface area contributed by atoms with Gasteiger partial charge in [-0.15, -0.1) is 0 Å². The van der Waals surface area contributed by atoms with Crippen molar-refractivity contribution >= 4 is 202 Å². The Kier molecular flexibility index (Phi) is 18.9. The van der Waals surface area contributed by atoms with Gasteiger partial charge in [0, 0.05) is 132 Å². The van der Waals surface area contributed by atoms with Crippen LogP contribution in [0.1, 0.15) is 0 Å². The molecule has 0 atom stereocenters. The normalized spacial score (nSPS) is 11.8. The van der Waals surface area contributed by atoms with Gasteiger partial charge in [-0.05, 0) is 224 Å². The maximum Gasteiger partial charge on any atom is 0.0627 e. The van der Waals surface area contributed by atoms with E-state index in [4.69, 9.17) is 0 Å². The molecule has 0 amide bonds. The average Bonchev–Trinajstić information content (AvgIpc) is 1.52. The van der Waals surface area contributed by atoms with E-state index in [0.29, 0.717) is 0 Å². The van der Waals surface area contributed by atoms with Crippen LogP contribution in [0.5, 0.6) is 0 Å². The molecule has 658 valence electrons. The second-order valence-electron chi connectivity index (χ2n) is 36.9. The predicted octanol–water partition coefficient (Wildman–Crippen LogP) is 36.2. The van der Waals surface area contributed by atoms with E-state index in [-0.39, 0.29) is 0 Å². The quantitative estimate of drug-likeness (QED) is 0.127. The summed E-state index contributed by atoms with van der Waals surface area (Å²) < 4.78 is 14.7. The van der Waals surface area contributed by atoms with Crippen LogP contribution in [0.25, 0.3) is 241 Å². The topological polar surface area (TPSA) is 32.8 Å². The molecule has 0 aliphatic heterocycles. The SMILES string of the molecule is c1ccc(-c2ccc(-n3c4ccccc4c4c5c6ccc7ccccc7c6n(-c6ccc7ccccc7c6)c5ccc43)cc2)cc1.c1ccc(-c2ccc(-n3c4ccccc4c4c5c6ccccc6n(-c6ccc7ccccc7c6)c5c5ccccc5c43)cc2)cc1.c1ccc(N(c2ccccc2)c2ccc(-n3c4ccccc4c4cc5c6c7ccccc7ccc6n(-c6ccccc6)c5cc43)cc2)cc1. The van der Waals surface area contributed by atoms with Crippen molar-refractivity contribution in [3.63, 3.8) is 0 Å². The zero-order valence-corrected chi connectivity index (χ0v) is 76.9. The molecule has 0 bridgehead atoms. The third-order valence-corrected chi connectivity index (χ3v) is 29.2. The van der Waals surface area contributed by atoms with Crippen LogP contribution in [0, 0.1) is 0 Å². The second kappa shape index (κ2) is 33.0. The molecule has 30 rings (SSSR count). The first-order chi connectivity index (χ1) is 70.0. The number of rotatable bonds is 11. The first kappa shape index (κ1) is 80.6. The van der Waals surface area contributed by atoms with Crippen LogP contribution in [0.15, 0.2) is 528 Å². The molecule has 0 fully saturated rings. The minimum absolute atomic E-state index is 1.11. The Morgan fingerprint density at radius 3 is 0.957 bits per heavy atom. The lowest BCUT2D eigenvalue weighted by atomic mass is 9.99. The number of hydrogen-bond donors (Lipinski definition) is 0. The summed E-state index contributed by atoms with van der Waals surface area (Å²) in [6.45, 7) is 0. The first-order valence-corrected chi connectivity index (χ1v) is 48.5. The van der Waals surface area contributed by atoms with Gasteiger partial charge in [0.05, 0.1) is 66.2 Å². The molecule has 0 N–H and O–H groups in total. The Labute approximate surface area is 812 Å². The summed E-state index contributed by atoms with van der Waals surface area (Å²) in [5.74, 6) is 0. The highest BCUT2D eigenvalue weighted by Gasteiger charge is 2.28. The summed E-state index contributed by atoms with van der Waals surface area (Å²) in [4.78, 5) is 2.31. The number of aromatic nitrogens is 6. The fourth-order valence-corrected chi connectivity index (χ4v) is 23.0. The number of hydrogen-bond acceptors (Lipinski definition) is 1. The van der Waals surface area contributed by atoms with E-state index in [1.165, 1.54) is 218 Å². The second-order valence-corrected chi connectivity index (χ2v) is 36.9. The van der Waals surface area contributed by atoms with Crippen LogP contribution in [0.3, 0.4) is 0 Å². The molecule has 0 saturated heterocycles. The summed E-state index contributed by atoms with van der Waals surface area (Å²) >= 11 is 0. The van der Waals surface area contributed by atoms with Gasteiger partial charge in [-0.3, -0.25) is 0 Å². The van der Waals surface area contributed by atoms with Crippen molar-refractivity contribution in [2.24, 2.45) is 0 Å².